The summed E-state index contributed by atoms with van der Waals surface area (Å²) in [5.41, 5.74) is 3.47. The minimum Gasteiger partial charge on any atom is -0.378 e. The van der Waals surface area contributed by atoms with Crippen LogP contribution in [-0.2, 0) is 0 Å². The highest BCUT2D eigenvalue weighted by molar-refractivity contribution is 6.04. The Balaban J connectivity index is 1.79. The van der Waals surface area contributed by atoms with Gasteiger partial charge in [-0.3, -0.25) is 4.79 Å². The molecule has 3 aromatic rings. The summed E-state index contributed by atoms with van der Waals surface area (Å²) in [7, 11) is 3.97. The summed E-state index contributed by atoms with van der Waals surface area (Å²) >= 11 is 0. The van der Waals surface area contributed by atoms with E-state index in [4.69, 9.17) is 0 Å². The first-order chi connectivity index (χ1) is 13.1. The van der Waals surface area contributed by atoms with Gasteiger partial charge in [0.05, 0.1) is 0 Å². The molecule has 0 spiro atoms. The van der Waals surface area contributed by atoms with Crippen molar-refractivity contribution in [2.75, 3.05) is 35.8 Å². The molecule has 0 fully saturated rings. The molecule has 27 heavy (non-hydrogen) atoms. The van der Waals surface area contributed by atoms with Crippen LogP contribution in [0.5, 0.6) is 0 Å². The number of amides is 1. The van der Waals surface area contributed by atoms with E-state index in [-0.39, 0.29) is 5.91 Å². The largest absolute Gasteiger partial charge is 0.378 e. The molecule has 0 atom stereocenters. The Morgan fingerprint density at radius 1 is 0.963 bits per heavy atom. The number of nitrogens with one attached hydrogen (secondary N) is 1. The molecule has 0 aliphatic heterocycles. The monoisotopic (exact) mass is 360 g/mol. The summed E-state index contributed by atoms with van der Waals surface area (Å²) in [6.07, 6.45) is 1.67. The zero-order chi connectivity index (χ0) is 19.2. The van der Waals surface area contributed by atoms with Gasteiger partial charge >= 0.3 is 0 Å². The zero-order valence-corrected chi connectivity index (χ0v) is 15.9. The molecule has 1 aromatic heterocycles. The minimum atomic E-state index is -0.152. The quantitative estimate of drug-likeness (QED) is 0.700. The van der Waals surface area contributed by atoms with Gasteiger partial charge in [-0.1, -0.05) is 18.2 Å². The van der Waals surface area contributed by atoms with Gasteiger partial charge in [0, 0.05) is 49.5 Å². The van der Waals surface area contributed by atoms with E-state index in [2.05, 4.69) is 22.1 Å². The van der Waals surface area contributed by atoms with Gasteiger partial charge in [0.15, 0.2) is 0 Å². The van der Waals surface area contributed by atoms with Gasteiger partial charge in [-0.2, -0.15) is 0 Å². The number of nitrogens with zero attached hydrogens (tertiary/aromatic N) is 3. The molecule has 0 aliphatic rings. The van der Waals surface area contributed by atoms with E-state index < -0.39 is 0 Å². The molecule has 1 heterocycles. The van der Waals surface area contributed by atoms with Crippen LogP contribution < -0.4 is 15.1 Å². The fourth-order valence-electron chi connectivity index (χ4n) is 2.84. The van der Waals surface area contributed by atoms with Crippen LogP contribution in [-0.4, -0.2) is 31.5 Å². The van der Waals surface area contributed by atoms with E-state index in [1.54, 1.807) is 12.3 Å². The van der Waals surface area contributed by atoms with Crippen LogP contribution in [0.2, 0.25) is 0 Å². The Kier molecular flexibility index (Phi) is 5.71. The number of rotatable bonds is 6. The number of carbonyl (C=O) groups excluding carboxylic acids is 1. The fourth-order valence-corrected chi connectivity index (χ4v) is 2.84. The number of hydrogen-bond acceptors (Lipinski definition) is 4. The lowest BCUT2D eigenvalue weighted by Gasteiger charge is -2.22. The summed E-state index contributed by atoms with van der Waals surface area (Å²) in [5, 5.41) is 2.94. The normalized spacial score (nSPS) is 10.3. The third kappa shape index (κ3) is 4.44. The van der Waals surface area contributed by atoms with Gasteiger partial charge in [-0.15, -0.1) is 0 Å². The Labute approximate surface area is 160 Å². The maximum Gasteiger partial charge on any atom is 0.255 e. The second-order valence-electron chi connectivity index (χ2n) is 6.38. The third-order valence-corrected chi connectivity index (χ3v) is 4.31. The number of carbonyl (C=O) groups is 1. The molecule has 0 unspecified atom stereocenters. The first kappa shape index (κ1) is 18.5. The summed E-state index contributed by atoms with van der Waals surface area (Å²) in [5.74, 6) is 0.597. The van der Waals surface area contributed by atoms with Crippen molar-refractivity contribution in [3.05, 3.63) is 78.5 Å². The average Bonchev–Trinajstić information content (AvgIpc) is 2.70. The predicted molar refractivity (Wildman–Crippen MR) is 112 cm³/mol. The summed E-state index contributed by atoms with van der Waals surface area (Å²) in [6, 6.07) is 21.3. The molecule has 5 nitrogen and oxygen atoms in total. The first-order valence-corrected chi connectivity index (χ1v) is 8.96. The second kappa shape index (κ2) is 8.36. The maximum absolute atomic E-state index is 12.7. The molecule has 0 saturated heterocycles. The minimum absolute atomic E-state index is 0.152. The van der Waals surface area contributed by atoms with Crippen LogP contribution in [0.25, 0.3) is 0 Å². The second-order valence-corrected chi connectivity index (χ2v) is 6.38. The highest BCUT2D eigenvalue weighted by atomic mass is 16.1. The topological polar surface area (TPSA) is 48.5 Å². The predicted octanol–water partition coefficient (Wildman–Crippen LogP) is 4.56. The van der Waals surface area contributed by atoms with E-state index >= 15 is 0 Å². The smallest absolute Gasteiger partial charge is 0.255 e. The Morgan fingerprint density at radius 3 is 2.30 bits per heavy atom. The van der Waals surface area contributed by atoms with Crippen LogP contribution in [0, 0.1) is 0 Å². The highest BCUT2D eigenvalue weighted by Crippen LogP contribution is 2.24. The highest BCUT2D eigenvalue weighted by Gasteiger charge is 2.12. The van der Waals surface area contributed by atoms with Crippen LogP contribution in [0.3, 0.4) is 0 Å². The van der Waals surface area contributed by atoms with E-state index in [9.17, 15) is 4.79 Å². The van der Waals surface area contributed by atoms with Gasteiger partial charge in [0.1, 0.15) is 5.82 Å². The van der Waals surface area contributed by atoms with Gasteiger partial charge in [0.2, 0.25) is 0 Å². The zero-order valence-electron chi connectivity index (χ0n) is 15.9. The molecule has 3 rings (SSSR count). The standard InChI is InChI=1S/C22H24N4O/c1-4-26(20-8-6-5-7-9-20)21-16-17(14-15-23-21)22(27)24-18-10-12-19(13-11-18)25(2)3/h5-16H,4H2,1-3H3,(H,24,27). The molecule has 2 aromatic carbocycles. The van der Waals surface area contributed by atoms with Crippen molar-refractivity contribution in [3.8, 4) is 0 Å². The lowest BCUT2D eigenvalue weighted by atomic mass is 10.2. The van der Waals surface area contributed by atoms with Crippen LogP contribution in [0.1, 0.15) is 17.3 Å². The molecule has 0 bridgehead atoms. The van der Waals surface area contributed by atoms with Crippen molar-refractivity contribution in [1.82, 2.24) is 4.98 Å². The van der Waals surface area contributed by atoms with E-state index in [0.717, 1.165) is 29.4 Å². The molecule has 0 aliphatic carbocycles. The summed E-state index contributed by atoms with van der Waals surface area (Å²) in [4.78, 5) is 21.2. The number of hydrogen-bond donors (Lipinski definition) is 1. The van der Waals surface area contributed by atoms with Crippen molar-refractivity contribution in [1.29, 1.82) is 0 Å². The van der Waals surface area contributed by atoms with Crippen LogP contribution >= 0.6 is 0 Å². The van der Waals surface area contributed by atoms with Crippen molar-refractivity contribution in [2.45, 2.75) is 6.92 Å². The maximum atomic E-state index is 12.7. The number of anilines is 4. The molecule has 1 N–H and O–H groups in total. The molecule has 1 amide bonds. The molecule has 138 valence electrons. The average molecular weight is 360 g/mol. The third-order valence-electron chi connectivity index (χ3n) is 4.31. The van der Waals surface area contributed by atoms with E-state index in [1.807, 2.05) is 79.7 Å². The molecular formula is C22H24N4O. The molecule has 0 radical (unpaired) electrons. The summed E-state index contributed by atoms with van der Waals surface area (Å²) < 4.78 is 0. The van der Waals surface area contributed by atoms with Crippen molar-refractivity contribution in [3.63, 3.8) is 0 Å². The van der Waals surface area contributed by atoms with Gasteiger partial charge < -0.3 is 15.1 Å². The Bertz CT molecular complexity index is 892. The van der Waals surface area contributed by atoms with Crippen LogP contribution in [0.15, 0.2) is 72.9 Å². The van der Waals surface area contributed by atoms with Crippen molar-refractivity contribution < 1.29 is 4.79 Å². The SMILES string of the molecule is CCN(c1ccccc1)c1cc(C(=O)Nc2ccc(N(C)C)cc2)ccn1. The Morgan fingerprint density at radius 2 is 1.67 bits per heavy atom. The number of benzene rings is 2. The van der Waals surface area contributed by atoms with Gasteiger partial charge in [0.25, 0.3) is 5.91 Å². The first-order valence-electron chi connectivity index (χ1n) is 8.96. The lowest BCUT2D eigenvalue weighted by molar-refractivity contribution is 0.102. The van der Waals surface area contributed by atoms with Gasteiger partial charge in [-0.25, -0.2) is 4.98 Å². The van der Waals surface area contributed by atoms with Gasteiger partial charge in [-0.05, 0) is 55.5 Å². The lowest BCUT2D eigenvalue weighted by Crippen LogP contribution is -2.19. The van der Waals surface area contributed by atoms with E-state index in [0.29, 0.717) is 5.56 Å². The molecule has 0 saturated carbocycles. The molecular weight excluding hydrogens is 336 g/mol. The molecule has 5 heteroatoms. The van der Waals surface area contributed by atoms with Crippen molar-refractivity contribution >= 4 is 28.8 Å². The Hall–Kier alpha value is -3.34. The number of aromatic nitrogens is 1. The van der Waals surface area contributed by atoms with Crippen LogP contribution in [0.4, 0.5) is 22.9 Å². The van der Waals surface area contributed by atoms with Crippen molar-refractivity contribution in [2.24, 2.45) is 0 Å². The fraction of sp³-hybridized carbons (Fsp3) is 0.182. The number of pyridine rings is 1. The van der Waals surface area contributed by atoms with E-state index in [1.165, 1.54) is 0 Å². The summed E-state index contributed by atoms with van der Waals surface area (Å²) in [6.45, 7) is 2.82. The number of para-hydroxylation sites is 1.